The van der Waals surface area contributed by atoms with Crippen molar-refractivity contribution in [3.05, 3.63) is 28.8 Å². The van der Waals surface area contributed by atoms with Crippen LogP contribution in [0.3, 0.4) is 0 Å². The molecule has 0 saturated carbocycles. The first-order valence-corrected chi connectivity index (χ1v) is 9.29. The molecule has 0 fully saturated rings. The number of benzene rings is 1. The average molecular weight is 333 g/mol. The lowest BCUT2D eigenvalue weighted by atomic mass is 10.0. The van der Waals surface area contributed by atoms with Gasteiger partial charge in [-0.3, -0.25) is 0 Å². The van der Waals surface area contributed by atoms with Crippen molar-refractivity contribution >= 4 is 21.6 Å². The molecule has 6 heteroatoms. The van der Waals surface area contributed by atoms with Crippen LogP contribution in [-0.4, -0.2) is 21.5 Å². The first kappa shape index (κ1) is 18.4. The van der Waals surface area contributed by atoms with Crippen LogP contribution >= 0.6 is 11.6 Å². The van der Waals surface area contributed by atoms with Crippen LogP contribution in [0.25, 0.3) is 0 Å². The Labute approximate surface area is 133 Å². The SMILES string of the molecule is CCNCc1cc(S(=O)(=O)NCC(CC)CC)ccc1Cl. The second kappa shape index (κ2) is 8.73. The maximum atomic E-state index is 12.3. The molecule has 0 spiro atoms. The minimum Gasteiger partial charge on any atom is -0.313 e. The van der Waals surface area contributed by atoms with Crippen molar-refractivity contribution in [3.63, 3.8) is 0 Å². The van der Waals surface area contributed by atoms with Gasteiger partial charge in [0.2, 0.25) is 10.0 Å². The zero-order valence-corrected chi connectivity index (χ0v) is 14.5. The topological polar surface area (TPSA) is 58.2 Å². The van der Waals surface area contributed by atoms with Gasteiger partial charge in [0.25, 0.3) is 0 Å². The predicted octanol–water partition coefficient (Wildman–Crippen LogP) is 3.16. The highest BCUT2D eigenvalue weighted by atomic mass is 35.5. The summed E-state index contributed by atoms with van der Waals surface area (Å²) in [5.41, 5.74) is 0.795. The number of hydrogen-bond acceptors (Lipinski definition) is 3. The zero-order chi connectivity index (χ0) is 15.9. The van der Waals surface area contributed by atoms with E-state index in [1.807, 2.05) is 6.92 Å². The summed E-state index contributed by atoms with van der Waals surface area (Å²) < 4.78 is 27.4. The van der Waals surface area contributed by atoms with E-state index in [4.69, 9.17) is 11.6 Å². The quantitative estimate of drug-likeness (QED) is 0.730. The molecule has 0 heterocycles. The first-order valence-electron chi connectivity index (χ1n) is 7.43. The third-order valence-electron chi connectivity index (χ3n) is 3.61. The minimum atomic E-state index is -3.48. The summed E-state index contributed by atoms with van der Waals surface area (Å²) in [6, 6.07) is 4.83. The van der Waals surface area contributed by atoms with Crippen LogP contribution in [0.1, 0.15) is 39.2 Å². The van der Waals surface area contributed by atoms with Gasteiger partial charge in [0.15, 0.2) is 0 Å². The third kappa shape index (κ3) is 5.58. The molecule has 0 atom stereocenters. The Morgan fingerprint density at radius 2 is 1.86 bits per heavy atom. The Morgan fingerprint density at radius 1 is 1.19 bits per heavy atom. The minimum absolute atomic E-state index is 0.269. The highest BCUT2D eigenvalue weighted by Gasteiger charge is 2.17. The highest BCUT2D eigenvalue weighted by molar-refractivity contribution is 7.89. The smallest absolute Gasteiger partial charge is 0.240 e. The second-order valence-electron chi connectivity index (χ2n) is 5.07. The number of sulfonamides is 1. The molecule has 4 nitrogen and oxygen atoms in total. The molecule has 0 unspecified atom stereocenters. The van der Waals surface area contributed by atoms with Gasteiger partial charge < -0.3 is 5.32 Å². The second-order valence-corrected chi connectivity index (χ2v) is 7.24. The van der Waals surface area contributed by atoms with Crippen LogP contribution in [0.5, 0.6) is 0 Å². The summed E-state index contributed by atoms with van der Waals surface area (Å²) in [5, 5.41) is 3.73. The molecule has 1 rings (SSSR count). The van der Waals surface area contributed by atoms with E-state index in [0.717, 1.165) is 24.9 Å². The number of nitrogens with one attached hydrogen (secondary N) is 2. The summed E-state index contributed by atoms with van der Waals surface area (Å²) in [6.45, 7) is 7.97. The van der Waals surface area contributed by atoms with Gasteiger partial charge in [-0.2, -0.15) is 0 Å². The molecular formula is C15H25ClN2O2S. The van der Waals surface area contributed by atoms with Gasteiger partial charge in [0.1, 0.15) is 0 Å². The maximum absolute atomic E-state index is 12.3. The molecular weight excluding hydrogens is 308 g/mol. The molecule has 0 aromatic heterocycles. The van der Waals surface area contributed by atoms with E-state index in [9.17, 15) is 8.42 Å². The Hall–Kier alpha value is -0.620. The van der Waals surface area contributed by atoms with Crippen LogP contribution in [-0.2, 0) is 16.6 Å². The predicted molar refractivity (Wildman–Crippen MR) is 88.1 cm³/mol. The molecule has 120 valence electrons. The molecule has 2 N–H and O–H groups in total. The average Bonchev–Trinajstić information content (AvgIpc) is 2.47. The van der Waals surface area contributed by atoms with Gasteiger partial charge in [-0.1, -0.05) is 45.2 Å². The van der Waals surface area contributed by atoms with E-state index in [0.29, 0.717) is 24.0 Å². The summed E-state index contributed by atoms with van der Waals surface area (Å²) in [5.74, 6) is 0.369. The highest BCUT2D eigenvalue weighted by Crippen LogP contribution is 2.20. The summed E-state index contributed by atoms with van der Waals surface area (Å²) in [4.78, 5) is 0.269. The summed E-state index contributed by atoms with van der Waals surface area (Å²) in [7, 11) is -3.48. The monoisotopic (exact) mass is 332 g/mol. The maximum Gasteiger partial charge on any atom is 0.240 e. The Morgan fingerprint density at radius 3 is 2.43 bits per heavy atom. The lowest BCUT2D eigenvalue weighted by molar-refractivity contribution is 0.479. The zero-order valence-electron chi connectivity index (χ0n) is 12.9. The van der Waals surface area contributed by atoms with Gasteiger partial charge in [-0.25, -0.2) is 13.1 Å². The Balaban J connectivity index is 2.87. The fraction of sp³-hybridized carbons (Fsp3) is 0.600. The van der Waals surface area contributed by atoms with Crippen LogP contribution in [0.15, 0.2) is 23.1 Å². The molecule has 0 saturated heterocycles. The van der Waals surface area contributed by atoms with Crippen molar-refractivity contribution in [2.24, 2.45) is 5.92 Å². The van der Waals surface area contributed by atoms with E-state index in [2.05, 4.69) is 23.9 Å². The molecule has 21 heavy (non-hydrogen) atoms. The number of halogens is 1. The van der Waals surface area contributed by atoms with Gasteiger partial charge in [0.05, 0.1) is 4.90 Å². The van der Waals surface area contributed by atoms with Crippen molar-refractivity contribution in [1.29, 1.82) is 0 Å². The number of hydrogen-bond donors (Lipinski definition) is 2. The van der Waals surface area contributed by atoms with Crippen LogP contribution in [0.2, 0.25) is 5.02 Å². The van der Waals surface area contributed by atoms with Gasteiger partial charge in [-0.15, -0.1) is 0 Å². The molecule has 0 aliphatic carbocycles. The van der Waals surface area contributed by atoms with Crippen molar-refractivity contribution in [3.8, 4) is 0 Å². The van der Waals surface area contributed by atoms with E-state index >= 15 is 0 Å². The first-order chi connectivity index (χ1) is 9.94. The Bertz CT molecular complexity index is 543. The Kier molecular flexibility index (Phi) is 7.66. The van der Waals surface area contributed by atoms with Crippen LogP contribution in [0, 0.1) is 5.92 Å². The van der Waals surface area contributed by atoms with E-state index in [1.54, 1.807) is 18.2 Å². The molecule has 1 aromatic rings. The molecule has 0 bridgehead atoms. The number of rotatable bonds is 9. The van der Waals surface area contributed by atoms with E-state index in [1.165, 1.54) is 0 Å². The van der Waals surface area contributed by atoms with Crippen molar-refractivity contribution in [1.82, 2.24) is 10.0 Å². The third-order valence-corrected chi connectivity index (χ3v) is 5.40. The summed E-state index contributed by atoms with van der Waals surface area (Å²) in [6.07, 6.45) is 1.93. The van der Waals surface area contributed by atoms with Crippen molar-refractivity contribution in [2.75, 3.05) is 13.1 Å². The molecule has 0 amide bonds. The van der Waals surface area contributed by atoms with Crippen LogP contribution in [0.4, 0.5) is 0 Å². The lowest BCUT2D eigenvalue weighted by Crippen LogP contribution is -2.29. The van der Waals surface area contributed by atoms with E-state index in [-0.39, 0.29) is 4.90 Å². The van der Waals surface area contributed by atoms with Crippen molar-refractivity contribution < 1.29 is 8.42 Å². The molecule has 0 aliphatic rings. The van der Waals surface area contributed by atoms with Gasteiger partial charge in [-0.05, 0) is 36.2 Å². The fourth-order valence-corrected chi connectivity index (χ4v) is 3.35. The van der Waals surface area contributed by atoms with E-state index < -0.39 is 10.0 Å². The molecule has 1 aromatic carbocycles. The largest absolute Gasteiger partial charge is 0.313 e. The van der Waals surface area contributed by atoms with Gasteiger partial charge >= 0.3 is 0 Å². The standard InChI is InChI=1S/C15H25ClN2O2S/c1-4-12(5-2)10-18-21(19,20)14-7-8-15(16)13(9-14)11-17-6-3/h7-9,12,17-18H,4-6,10-11H2,1-3H3. The lowest BCUT2D eigenvalue weighted by Gasteiger charge is -2.14. The molecule has 0 aliphatic heterocycles. The fourth-order valence-electron chi connectivity index (χ4n) is 2.00. The van der Waals surface area contributed by atoms with Crippen LogP contribution < -0.4 is 10.0 Å². The summed E-state index contributed by atoms with van der Waals surface area (Å²) >= 11 is 6.10. The normalized spacial score (nSPS) is 12.0. The van der Waals surface area contributed by atoms with Crippen molar-refractivity contribution in [2.45, 2.75) is 45.1 Å². The molecule has 0 radical (unpaired) electrons. The van der Waals surface area contributed by atoms with Gasteiger partial charge in [0, 0.05) is 18.1 Å².